The number of ether oxygens (including phenoxy) is 1. The van der Waals surface area contributed by atoms with E-state index in [0.29, 0.717) is 16.3 Å². The van der Waals surface area contributed by atoms with Crippen molar-refractivity contribution in [3.8, 4) is 5.75 Å². The van der Waals surface area contributed by atoms with E-state index in [9.17, 15) is 13.5 Å². The first-order chi connectivity index (χ1) is 15.6. The molecule has 8 nitrogen and oxygen atoms in total. The van der Waals surface area contributed by atoms with Crippen LogP contribution in [0.25, 0.3) is 10.2 Å². The normalized spacial score (nSPS) is 12.7. The lowest BCUT2D eigenvalue weighted by Crippen LogP contribution is -2.16. The monoisotopic (exact) mass is 486 g/mol. The summed E-state index contributed by atoms with van der Waals surface area (Å²) < 4.78 is 36.3. The molecule has 4 aromatic rings. The molecule has 0 bridgehead atoms. The first kappa shape index (κ1) is 23.1. The molecule has 174 valence electrons. The summed E-state index contributed by atoms with van der Waals surface area (Å²) in [7, 11) is -0.673. The van der Waals surface area contributed by atoms with Crippen molar-refractivity contribution in [2.24, 2.45) is 7.05 Å². The van der Waals surface area contributed by atoms with Gasteiger partial charge < -0.3 is 15.2 Å². The molecule has 0 amide bonds. The summed E-state index contributed by atoms with van der Waals surface area (Å²) >= 11 is 1.43. The molecule has 3 N–H and O–H groups in total. The summed E-state index contributed by atoms with van der Waals surface area (Å²) in [5.74, 6) is 0.206. The highest BCUT2D eigenvalue weighted by atomic mass is 32.2. The molecule has 0 saturated heterocycles. The van der Waals surface area contributed by atoms with Gasteiger partial charge in [0.15, 0.2) is 6.23 Å². The number of thiophene rings is 1. The summed E-state index contributed by atoms with van der Waals surface area (Å²) in [6.45, 7) is 5.61. The Balaban J connectivity index is 1.65. The van der Waals surface area contributed by atoms with Crippen LogP contribution in [-0.2, 0) is 17.1 Å². The van der Waals surface area contributed by atoms with E-state index in [1.807, 2.05) is 52.1 Å². The van der Waals surface area contributed by atoms with Gasteiger partial charge in [0.2, 0.25) is 0 Å². The Morgan fingerprint density at radius 1 is 1.12 bits per heavy atom. The van der Waals surface area contributed by atoms with Crippen molar-refractivity contribution in [1.29, 1.82) is 0 Å². The van der Waals surface area contributed by atoms with Gasteiger partial charge in [-0.05, 0) is 56.2 Å². The molecule has 2 aromatic carbocycles. The van der Waals surface area contributed by atoms with Gasteiger partial charge >= 0.3 is 0 Å². The number of nitrogens with zero attached hydrogens (tertiary/aromatic N) is 2. The fourth-order valence-corrected chi connectivity index (χ4v) is 6.19. The molecule has 0 radical (unpaired) electrons. The van der Waals surface area contributed by atoms with Gasteiger partial charge in [-0.3, -0.25) is 9.40 Å². The van der Waals surface area contributed by atoms with Gasteiger partial charge in [0.05, 0.1) is 23.4 Å². The van der Waals surface area contributed by atoms with Crippen molar-refractivity contribution in [1.82, 2.24) is 9.78 Å². The Kier molecular flexibility index (Phi) is 6.08. The molecule has 1 unspecified atom stereocenters. The van der Waals surface area contributed by atoms with Crippen LogP contribution in [-0.4, -0.2) is 30.4 Å². The molecule has 33 heavy (non-hydrogen) atoms. The van der Waals surface area contributed by atoms with E-state index < -0.39 is 16.3 Å². The van der Waals surface area contributed by atoms with Gasteiger partial charge in [-0.15, -0.1) is 11.3 Å². The predicted octanol–water partition coefficient (Wildman–Crippen LogP) is 4.47. The van der Waals surface area contributed by atoms with E-state index in [-0.39, 0.29) is 10.6 Å². The second-order valence-corrected chi connectivity index (χ2v) is 10.6. The second-order valence-electron chi connectivity index (χ2n) is 7.86. The van der Waals surface area contributed by atoms with Crippen LogP contribution < -0.4 is 14.8 Å². The van der Waals surface area contributed by atoms with Crippen LogP contribution in [0.4, 0.5) is 11.4 Å². The largest absolute Gasteiger partial charge is 0.495 e. The highest BCUT2D eigenvalue weighted by molar-refractivity contribution is 7.92. The second kappa shape index (κ2) is 8.69. The van der Waals surface area contributed by atoms with Gasteiger partial charge in [-0.2, -0.15) is 5.10 Å². The van der Waals surface area contributed by atoms with E-state index in [1.54, 1.807) is 16.8 Å². The quantitative estimate of drug-likeness (QED) is 0.333. The molecule has 4 rings (SSSR count). The predicted molar refractivity (Wildman–Crippen MR) is 132 cm³/mol. The summed E-state index contributed by atoms with van der Waals surface area (Å²) in [6.07, 6.45) is -1.02. The molecule has 0 fully saturated rings. The number of nitrogens with one attached hydrogen (secondary N) is 2. The molecule has 0 spiro atoms. The van der Waals surface area contributed by atoms with Crippen LogP contribution in [0.2, 0.25) is 0 Å². The number of aliphatic hydroxyl groups excluding tert-OH is 1. The highest BCUT2D eigenvalue weighted by Crippen LogP contribution is 2.34. The number of aromatic nitrogens is 2. The average Bonchev–Trinajstić information content (AvgIpc) is 3.32. The third-order valence-corrected chi connectivity index (χ3v) is 8.08. The van der Waals surface area contributed by atoms with Crippen molar-refractivity contribution in [2.75, 3.05) is 17.1 Å². The Hall–Kier alpha value is -3.08. The van der Waals surface area contributed by atoms with E-state index in [4.69, 9.17) is 4.74 Å². The van der Waals surface area contributed by atoms with Crippen LogP contribution in [0.15, 0.2) is 47.4 Å². The maximum Gasteiger partial charge on any atom is 0.265 e. The molecule has 0 saturated carbocycles. The summed E-state index contributed by atoms with van der Waals surface area (Å²) in [4.78, 5) is 1.63. The standard InChI is InChI=1S/C23H26N4O4S2/c1-13-7-6-8-14(2)21(13)26-33(29,30)20-11-16(9-10-18(20)31-5)24-22(28)19-12-17-15(3)25-27(4)23(17)32-19/h6-12,22,24,26,28H,1-5H3. The van der Waals surface area contributed by atoms with Crippen molar-refractivity contribution in [3.05, 3.63) is 64.2 Å². The summed E-state index contributed by atoms with van der Waals surface area (Å²) in [5.41, 5.74) is 3.50. The van der Waals surface area contributed by atoms with E-state index in [2.05, 4.69) is 15.1 Å². The minimum absolute atomic E-state index is 0.0266. The molecule has 1 atom stereocenters. The summed E-state index contributed by atoms with van der Waals surface area (Å²) in [5, 5.41) is 19.1. The average molecular weight is 487 g/mol. The maximum atomic E-state index is 13.3. The van der Waals surface area contributed by atoms with E-state index in [0.717, 1.165) is 27.0 Å². The number of aliphatic hydroxyl groups is 1. The topological polar surface area (TPSA) is 105 Å². The van der Waals surface area contributed by atoms with Crippen LogP contribution in [0, 0.1) is 20.8 Å². The number of rotatable bonds is 7. The molecule has 0 aliphatic carbocycles. The minimum atomic E-state index is -3.95. The Labute approximate surface area is 196 Å². The zero-order chi connectivity index (χ0) is 23.9. The van der Waals surface area contributed by atoms with E-state index in [1.165, 1.54) is 24.5 Å². The molecule has 2 aromatic heterocycles. The molecule has 0 aliphatic heterocycles. The third-order valence-electron chi connectivity index (χ3n) is 5.46. The zero-order valence-corrected chi connectivity index (χ0v) is 20.6. The number of sulfonamides is 1. The number of anilines is 2. The van der Waals surface area contributed by atoms with Gasteiger partial charge in [-0.25, -0.2) is 8.42 Å². The van der Waals surface area contributed by atoms with Gasteiger partial charge in [0, 0.05) is 18.1 Å². The Bertz CT molecular complexity index is 1390. The van der Waals surface area contributed by atoms with Crippen LogP contribution in [0.1, 0.15) is 27.9 Å². The van der Waals surface area contributed by atoms with Gasteiger partial charge in [0.25, 0.3) is 10.0 Å². The number of fused-ring (bicyclic) bond motifs is 1. The third kappa shape index (κ3) is 4.41. The first-order valence-corrected chi connectivity index (χ1v) is 12.6. The highest BCUT2D eigenvalue weighted by Gasteiger charge is 2.23. The lowest BCUT2D eigenvalue weighted by atomic mass is 10.1. The van der Waals surface area contributed by atoms with Crippen LogP contribution >= 0.6 is 11.3 Å². The SMILES string of the molecule is COc1ccc(NC(O)c2cc3c(C)nn(C)c3s2)cc1S(=O)(=O)Nc1c(C)cccc1C. The number of benzene rings is 2. The fraction of sp³-hybridized carbons (Fsp3) is 0.261. The zero-order valence-electron chi connectivity index (χ0n) is 19.0. The van der Waals surface area contributed by atoms with Crippen molar-refractivity contribution in [2.45, 2.75) is 31.9 Å². The lowest BCUT2D eigenvalue weighted by molar-refractivity contribution is 0.212. The molecular weight excluding hydrogens is 460 g/mol. The molecule has 10 heteroatoms. The van der Waals surface area contributed by atoms with Crippen molar-refractivity contribution >= 4 is 43.0 Å². The molecule has 2 heterocycles. The minimum Gasteiger partial charge on any atom is -0.495 e. The van der Waals surface area contributed by atoms with Crippen LogP contribution in [0.3, 0.4) is 0 Å². The summed E-state index contributed by atoms with van der Waals surface area (Å²) in [6, 6.07) is 12.1. The molecule has 0 aliphatic rings. The number of para-hydroxylation sites is 1. The Morgan fingerprint density at radius 2 is 1.82 bits per heavy atom. The van der Waals surface area contributed by atoms with Crippen molar-refractivity contribution < 1.29 is 18.3 Å². The van der Waals surface area contributed by atoms with Crippen LogP contribution in [0.5, 0.6) is 5.75 Å². The Morgan fingerprint density at radius 3 is 2.45 bits per heavy atom. The number of hydrogen-bond donors (Lipinski definition) is 3. The molecular formula is C23H26N4O4S2. The van der Waals surface area contributed by atoms with E-state index >= 15 is 0 Å². The van der Waals surface area contributed by atoms with Gasteiger partial charge in [0.1, 0.15) is 15.5 Å². The number of methoxy groups -OCH3 is 1. The fourth-order valence-electron chi connectivity index (χ4n) is 3.73. The van der Waals surface area contributed by atoms with Crippen molar-refractivity contribution in [3.63, 3.8) is 0 Å². The maximum absolute atomic E-state index is 13.3. The number of aryl methyl sites for hydroxylation is 4. The number of hydrogen-bond acceptors (Lipinski definition) is 7. The van der Waals surface area contributed by atoms with Gasteiger partial charge in [-0.1, -0.05) is 18.2 Å². The first-order valence-electron chi connectivity index (χ1n) is 10.3. The smallest absolute Gasteiger partial charge is 0.265 e. The lowest BCUT2D eigenvalue weighted by Gasteiger charge is -2.17.